The fraction of sp³-hybridized carbons (Fsp3) is 0.190. The van der Waals surface area contributed by atoms with Gasteiger partial charge in [-0.2, -0.15) is 0 Å². The van der Waals surface area contributed by atoms with Crippen molar-refractivity contribution in [2.75, 3.05) is 6.54 Å². The minimum atomic E-state index is -1.20. The average molecular weight is 526 g/mol. The standard InChI is InChI=1S/C21H17F2N3O5S3/c22-13-2-1-10(6-14(13)23)11-5-12(33-9-11)7-16-20(31)26(21(32)34-16)8-17(27)25-15(19(24)30)3-4-18(28)29/h1-2,5-7,9,15H,3-4,8H2,(H2,24,30)(H,25,27)(H,28,29)/b16-7-/t15-/m0/s1. The Kier molecular flexibility index (Phi) is 8.12. The highest BCUT2D eigenvalue weighted by molar-refractivity contribution is 8.26. The number of nitrogens with zero attached hydrogens (tertiary/aromatic N) is 1. The Hall–Kier alpha value is -3.16. The van der Waals surface area contributed by atoms with Gasteiger partial charge in [-0.25, -0.2) is 8.78 Å². The number of rotatable bonds is 9. The lowest BCUT2D eigenvalue weighted by atomic mass is 10.1. The van der Waals surface area contributed by atoms with Crippen molar-refractivity contribution in [3.63, 3.8) is 0 Å². The monoisotopic (exact) mass is 525 g/mol. The van der Waals surface area contributed by atoms with Crippen LogP contribution in [0.1, 0.15) is 17.7 Å². The van der Waals surface area contributed by atoms with Crippen LogP contribution in [0.25, 0.3) is 17.2 Å². The van der Waals surface area contributed by atoms with Gasteiger partial charge in [-0.3, -0.25) is 24.1 Å². The van der Waals surface area contributed by atoms with Crippen molar-refractivity contribution in [2.45, 2.75) is 18.9 Å². The third-order valence-corrected chi connectivity index (χ3v) is 6.90. The lowest BCUT2D eigenvalue weighted by Crippen LogP contribution is -2.48. The van der Waals surface area contributed by atoms with E-state index >= 15 is 0 Å². The summed E-state index contributed by atoms with van der Waals surface area (Å²) in [7, 11) is 0. The van der Waals surface area contributed by atoms with E-state index in [0.717, 1.165) is 28.8 Å². The number of carboxylic acid groups (broad SMARTS) is 1. The van der Waals surface area contributed by atoms with Crippen molar-refractivity contribution in [3.8, 4) is 11.1 Å². The Bertz CT molecular complexity index is 1210. The van der Waals surface area contributed by atoms with Crippen LogP contribution in [0.3, 0.4) is 0 Å². The van der Waals surface area contributed by atoms with E-state index in [1.54, 1.807) is 17.5 Å². The maximum atomic E-state index is 13.5. The smallest absolute Gasteiger partial charge is 0.303 e. The van der Waals surface area contributed by atoms with Gasteiger partial charge >= 0.3 is 5.97 Å². The highest BCUT2D eigenvalue weighted by Gasteiger charge is 2.34. The highest BCUT2D eigenvalue weighted by atomic mass is 32.2. The SMILES string of the molecule is NC(=O)[C@H](CCC(=O)O)NC(=O)CN1C(=O)/C(=C/c2cc(-c3ccc(F)c(F)c3)cs2)SC1=S. The first-order chi connectivity index (χ1) is 16.0. The number of thiocarbonyl (C=S) groups is 1. The zero-order valence-corrected chi connectivity index (χ0v) is 19.7. The first-order valence-corrected chi connectivity index (χ1v) is 11.8. The molecule has 34 heavy (non-hydrogen) atoms. The summed E-state index contributed by atoms with van der Waals surface area (Å²) in [5, 5.41) is 12.8. The zero-order chi connectivity index (χ0) is 25.0. The molecule has 0 aliphatic carbocycles. The number of hydrogen-bond donors (Lipinski definition) is 3. The molecule has 0 unspecified atom stereocenters. The minimum Gasteiger partial charge on any atom is -0.481 e. The summed E-state index contributed by atoms with van der Waals surface area (Å²) in [6, 6.07) is 4.06. The topological polar surface area (TPSA) is 130 Å². The molecule has 0 radical (unpaired) electrons. The van der Waals surface area contributed by atoms with Crippen LogP contribution in [0.4, 0.5) is 8.78 Å². The van der Waals surface area contributed by atoms with Crippen molar-refractivity contribution >= 4 is 69.4 Å². The number of carboxylic acids is 1. The molecular formula is C21H17F2N3O5S3. The summed E-state index contributed by atoms with van der Waals surface area (Å²) in [5.41, 5.74) is 6.32. The predicted molar refractivity (Wildman–Crippen MR) is 128 cm³/mol. The number of carbonyl (C=O) groups is 4. The maximum Gasteiger partial charge on any atom is 0.303 e. The van der Waals surface area contributed by atoms with Gasteiger partial charge in [0.1, 0.15) is 16.9 Å². The van der Waals surface area contributed by atoms with Crippen molar-refractivity contribution < 1.29 is 33.1 Å². The zero-order valence-electron chi connectivity index (χ0n) is 17.2. The molecule has 1 aromatic carbocycles. The number of aliphatic carboxylic acids is 1. The second kappa shape index (κ2) is 10.8. The molecule has 0 spiro atoms. The van der Waals surface area contributed by atoms with Gasteiger partial charge in [0, 0.05) is 11.3 Å². The molecule has 2 heterocycles. The molecule has 8 nitrogen and oxygen atoms in total. The van der Waals surface area contributed by atoms with Crippen molar-refractivity contribution in [1.29, 1.82) is 0 Å². The van der Waals surface area contributed by atoms with Crippen LogP contribution >= 0.6 is 35.3 Å². The molecule has 1 aliphatic heterocycles. The van der Waals surface area contributed by atoms with E-state index in [-0.39, 0.29) is 22.1 Å². The van der Waals surface area contributed by atoms with E-state index in [4.69, 9.17) is 23.1 Å². The van der Waals surface area contributed by atoms with Crippen LogP contribution in [0, 0.1) is 11.6 Å². The molecule has 1 fully saturated rings. The van der Waals surface area contributed by atoms with Crippen LogP contribution in [-0.4, -0.2) is 50.6 Å². The maximum absolute atomic E-state index is 13.5. The molecular weight excluding hydrogens is 508 g/mol. The van der Waals surface area contributed by atoms with Crippen LogP contribution in [-0.2, 0) is 19.2 Å². The van der Waals surface area contributed by atoms with E-state index in [1.807, 2.05) is 0 Å². The molecule has 3 rings (SSSR count). The van der Waals surface area contributed by atoms with E-state index in [0.29, 0.717) is 16.0 Å². The summed E-state index contributed by atoms with van der Waals surface area (Å²) >= 11 is 7.46. The number of carbonyl (C=O) groups excluding carboxylic acids is 3. The lowest BCUT2D eigenvalue weighted by molar-refractivity contribution is -0.137. The van der Waals surface area contributed by atoms with Crippen LogP contribution in [0.5, 0.6) is 0 Å². The van der Waals surface area contributed by atoms with Crippen LogP contribution < -0.4 is 11.1 Å². The summed E-state index contributed by atoms with van der Waals surface area (Å²) in [5.74, 6) is -5.20. The molecule has 1 aromatic heterocycles. The highest BCUT2D eigenvalue weighted by Crippen LogP contribution is 2.35. The number of nitrogens with one attached hydrogen (secondary N) is 1. The van der Waals surface area contributed by atoms with Gasteiger partial charge in [-0.05, 0) is 47.2 Å². The van der Waals surface area contributed by atoms with Gasteiger partial charge in [0.25, 0.3) is 5.91 Å². The van der Waals surface area contributed by atoms with E-state index < -0.39 is 47.9 Å². The predicted octanol–water partition coefficient (Wildman–Crippen LogP) is 2.73. The second-order valence-corrected chi connectivity index (χ2v) is 9.71. The van der Waals surface area contributed by atoms with Crippen molar-refractivity contribution in [2.24, 2.45) is 5.73 Å². The first-order valence-electron chi connectivity index (χ1n) is 9.65. The number of benzene rings is 1. The molecule has 1 aliphatic rings. The second-order valence-electron chi connectivity index (χ2n) is 7.09. The van der Waals surface area contributed by atoms with Crippen molar-refractivity contribution in [1.82, 2.24) is 10.2 Å². The molecule has 2 aromatic rings. The van der Waals surface area contributed by atoms with Crippen molar-refractivity contribution in [3.05, 3.63) is 51.1 Å². The van der Waals surface area contributed by atoms with E-state index in [9.17, 15) is 28.0 Å². The summed E-state index contributed by atoms with van der Waals surface area (Å²) in [6.45, 7) is -0.469. The normalized spacial score (nSPS) is 15.6. The molecule has 4 N–H and O–H groups in total. The van der Waals surface area contributed by atoms with Gasteiger partial charge in [0.2, 0.25) is 11.8 Å². The molecule has 0 saturated carbocycles. The third-order valence-electron chi connectivity index (χ3n) is 4.65. The fourth-order valence-corrected chi connectivity index (χ4v) is 5.13. The Labute approximate surface area is 205 Å². The minimum absolute atomic E-state index is 0.130. The van der Waals surface area contributed by atoms with E-state index in [1.165, 1.54) is 17.4 Å². The Balaban J connectivity index is 1.67. The van der Waals surface area contributed by atoms with Gasteiger partial charge in [-0.1, -0.05) is 30.0 Å². The van der Waals surface area contributed by atoms with Crippen LogP contribution in [0.2, 0.25) is 0 Å². The molecule has 0 bridgehead atoms. The average Bonchev–Trinajstić information content (AvgIpc) is 3.33. The summed E-state index contributed by atoms with van der Waals surface area (Å²) in [6.07, 6.45) is 1.02. The molecule has 13 heteroatoms. The molecule has 178 valence electrons. The number of thiophene rings is 1. The first kappa shape index (κ1) is 25.5. The molecule has 1 atom stereocenters. The number of primary amides is 1. The van der Waals surface area contributed by atoms with Gasteiger partial charge < -0.3 is 16.2 Å². The quantitative estimate of drug-likeness (QED) is 0.339. The number of nitrogens with two attached hydrogens (primary N) is 1. The number of halogens is 2. The van der Waals surface area contributed by atoms with Gasteiger partial charge in [0.15, 0.2) is 11.6 Å². The van der Waals surface area contributed by atoms with Crippen LogP contribution in [0.15, 0.2) is 34.6 Å². The lowest BCUT2D eigenvalue weighted by Gasteiger charge is -2.18. The summed E-state index contributed by atoms with van der Waals surface area (Å²) < 4.78 is 26.8. The number of hydrogen-bond acceptors (Lipinski definition) is 7. The third kappa shape index (κ3) is 6.24. The Morgan fingerprint density at radius 3 is 2.59 bits per heavy atom. The number of thioether (sulfide) groups is 1. The van der Waals surface area contributed by atoms with E-state index in [2.05, 4.69) is 5.32 Å². The Morgan fingerprint density at radius 2 is 1.94 bits per heavy atom. The van der Waals surface area contributed by atoms with Gasteiger partial charge in [-0.15, -0.1) is 11.3 Å². The number of amides is 3. The van der Waals surface area contributed by atoms with Gasteiger partial charge in [0.05, 0.1) is 4.91 Å². The largest absolute Gasteiger partial charge is 0.481 e. The summed E-state index contributed by atoms with van der Waals surface area (Å²) in [4.78, 5) is 49.2. The molecule has 3 amide bonds. The Morgan fingerprint density at radius 1 is 1.21 bits per heavy atom. The fourth-order valence-electron chi connectivity index (χ4n) is 2.96. The molecule has 1 saturated heterocycles.